The molecule has 0 saturated carbocycles. The number of nitrogens with zero attached hydrogens (tertiary/aromatic N) is 1. The Morgan fingerprint density at radius 2 is 1.92 bits per heavy atom. The fraction of sp³-hybridized carbons (Fsp3) is 0.125. The molecule has 0 aromatic heterocycles. The Morgan fingerprint density at radius 1 is 1.19 bits per heavy atom. The lowest BCUT2D eigenvalue weighted by Gasteiger charge is -2.10. The summed E-state index contributed by atoms with van der Waals surface area (Å²) in [7, 11) is 1.52. The number of halogens is 4. The van der Waals surface area contributed by atoms with Gasteiger partial charge in [0, 0.05) is 14.5 Å². The maximum absolute atomic E-state index is 11.9. The molecule has 0 saturated heterocycles. The lowest BCUT2D eigenvalue weighted by molar-refractivity contribution is -0.123. The van der Waals surface area contributed by atoms with Crippen molar-refractivity contribution in [1.82, 2.24) is 5.43 Å². The molecule has 0 aliphatic heterocycles. The molecule has 0 aliphatic carbocycles. The molecule has 0 radical (unpaired) electrons. The molecular formula is C16H12Br4N2O4. The number of aromatic hydroxyl groups is 1. The zero-order valence-corrected chi connectivity index (χ0v) is 19.6. The van der Waals surface area contributed by atoms with Gasteiger partial charge in [-0.25, -0.2) is 5.43 Å². The lowest BCUT2D eigenvalue weighted by Crippen LogP contribution is -2.24. The Kier molecular flexibility index (Phi) is 7.93. The van der Waals surface area contributed by atoms with Crippen molar-refractivity contribution in [2.24, 2.45) is 5.10 Å². The van der Waals surface area contributed by atoms with Crippen LogP contribution in [0, 0.1) is 0 Å². The highest BCUT2D eigenvalue weighted by atomic mass is 79.9. The first-order chi connectivity index (χ1) is 12.3. The first-order valence-corrected chi connectivity index (χ1v) is 10.2. The van der Waals surface area contributed by atoms with Crippen LogP contribution in [-0.4, -0.2) is 30.9 Å². The molecule has 2 rings (SSSR count). The van der Waals surface area contributed by atoms with Gasteiger partial charge in [0.05, 0.1) is 22.3 Å². The number of ether oxygens (including phenoxy) is 2. The maximum Gasteiger partial charge on any atom is 0.277 e. The highest BCUT2D eigenvalue weighted by Crippen LogP contribution is 2.38. The number of hydrogen-bond donors (Lipinski definition) is 2. The van der Waals surface area contributed by atoms with Crippen LogP contribution in [0.15, 0.2) is 47.3 Å². The second-order valence-electron chi connectivity index (χ2n) is 4.79. The van der Waals surface area contributed by atoms with E-state index in [4.69, 9.17) is 9.47 Å². The molecule has 2 aromatic carbocycles. The number of carbonyl (C=O) groups excluding carboxylic acids is 1. The number of nitrogens with one attached hydrogen (secondary N) is 1. The number of hydrogen-bond acceptors (Lipinski definition) is 5. The average molecular weight is 616 g/mol. The molecule has 0 aliphatic rings. The summed E-state index contributed by atoms with van der Waals surface area (Å²) < 4.78 is 13.1. The fourth-order valence-corrected chi connectivity index (χ4v) is 4.48. The van der Waals surface area contributed by atoms with E-state index in [2.05, 4.69) is 74.2 Å². The number of amides is 1. The van der Waals surface area contributed by atoms with Gasteiger partial charge in [-0.1, -0.05) is 31.9 Å². The third-order valence-electron chi connectivity index (χ3n) is 3.05. The molecule has 0 heterocycles. The summed E-state index contributed by atoms with van der Waals surface area (Å²) in [5.41, 5.74) is 2.93. The largest absolute Gasteiger partial charge is 0.506 e. The number of phenolic OH excluding ortho intramolecular Hbond substituents is 1. The van der Waals surface area contributed by atoms with Crippen molar-refractivity contribution in [2.45, 2.75) is 0 Å². The summed E-state index contributed by atoms with van der Waals surface area (Å²) in [5.74, 6) is 0.540. The van der Waals surface area contributed by atoms with Gasteiger partial charge in [-0.2, -0.15) is 5.10 Å². The molecule has 26 heavy (non-hydrogen) atoms. The van der Waals surface area contributed by atoms with Crippen LogP contribution in [0.5, 0.6) is 17.2 Å². The van der Waals surface area contributed by atoms with Gasteiger partial charge in [0.2, 0.25) is 0 Å². The highest BCUT2D eigenvalue weighted by Gasteiger charge is 2.12. The molecule has 10 heteroatoms. The normalized spacial score (nSPS) is 10.8. The SMILES string of the molecule is COc1cc(Br)ccc1OCC(=O)N/N=C/c1c(Br)cc(Br)c(O)c1Br. The van der Waals surface area contributed by atoms with Crippen molar-refractivity contribution >= 4 is 75.8 Å². The van der Waals surface area contributed by atoms with E-state index < -0.39 is 5.91 Å². The number of phenols is 1. The quantitative estimate of drug-likeness (QED) is 0.355. The van der Waals surface area contributed by atoms with E-state index in [0.29, 0.717) is 30.5 Å². The van der Waals surface area contributed by atoms with Crippen molar-refractivity contribution in [3.05, 3.63) is 47.7 Å². The molecule has 2 N–H and O–H groups in total. The van der Waals surface area contributed by atoms with E-state index in [9.17, 15) is 9.90 Å². The minimum atomic E-state index is -0.445. The third kappa shape index (κ3) is 5.45. The summed E-state index contributed by atoms with van der Waals surface area (Å²) in [5, 5.41) is 13.8. The topological polar surface area (TPSA) is 80.2 Å². The first-order valence-electron chi connectivity index (χ1n) is 6.98. The van der Waals surface area contributed by atoms with Crippen LogP contribution in [-0.2, 0) is 4.79 Å². The minimum Gasteiger partial charge on any atom is -0.506 e. The van der Waals surface area contributed by atoms with Gasteiger partial charge in [-0.3, -0.25) is 4.79 Å². The van der Waals surface area contributed by atoms with E-state index in [1.54, 1.807) is 24.3 Å². The second-order valence-corrected chi connectivity index (χ2v) is 8.21. The zero-order chi connectivity index (χ0) is 19.3. The number of benzene rings is 2. The van der Waals surface area contributed by atoms with Crippen LogP contribution in [0.4, 0.5) is 0 Å². The van der Waals surface area contributed by atoms with Crippen LogP contribution < -0.4 is 14.9 Å². The Bertz CT molecular complexity index is 859. The predicted molar refractivity (Wildman–Crippen MR) is 113 cm³/mol. The average Bonchev–Trinajstić information content (AvgIpc) is 2.61. The molecule has 0 unspecified atom stereocenters. The summed E-state index contributed by atoms with van der Waals surface area (Å²) >= 11 is 13.2. The fourth-order valence-electron chi connectivity index (χ4n) is 1.82. The van der Waals surface area contributed by atoms with Crippen molar-refractivity contribution < 1.29 is 19.4 Å². The van der Waals surface area contributed by atoms with Gasteiger partial charge in [0.15, 0.2) is 18.1 Å². The van der Waals surface area contributed by atoms with E-state index in [1.165, 1.54) is 13.3 Å². The van der Waals surface area contributed by atoms with Crippen molar-refractivity contribution in [3.8, 4) is 17.2 Å². The monoisotopic (exact) mass is 612 g/mol. The predicted octanol–water partition coefficient (Wildman–Crippen LogP) is 4.98. The maximum atomic E-state index is 11.9. The number of rotatable bonds is 6. The van der Waals surface area contributed by atoms with Gasteiger partial charge >= 0.3 is 0 Å². The molecule has 138 valence electrons. The van der Waals surface area contributed by atoms with E-state index in [-0.39, 0.29) is 12.4 Å². The van der Waals surface area contributed by atoms with Crippen LogP contribution in [0.3, 0.4) is 0 Å². The highest BCUT2D eigenvalue weighted by molar-refractivity contribution is 9.11. The molecule has 0 spiro atoms. The summed E-state index contributed by atoms with van der Waals surface area (Å²) in [6.45, 7) is -0.233. The zero-order valence-electron chi connectivity index (χ0n) is 13.2. The standard InChI is InChI=1S/C16H12Br4N2O4/c1-25-13-4-8(17)2-3-12(13)26-7-14(23)22-21-6-9-10(18)5-11(19)16(24)15(9)20/h2-6,24H,7H2,1H3,(H,22,23)/b21-6+. The van der Waals surface area contributed by atoms with Gasteiger partial charge in [0.25, 0.3) is 5.91 Å². The van der Waals surface area contributed by atoms with E-state index in [1.807, 2.05) is 0 Å². The number of methoxy groups -OCH3 is 1. The van der Waals surface area contributed by atoms with Gasteiger partial charge in [-0.15, -0.1) is 0 Å². The summed E-state index contributed by atoms with van der Waals surface area (Å²) in [6.07, 6.45) is 1.40. The Balaban J connectivity index is 1.98. The molecule has 0 fully saturated rings. The van der Waals surface area contributed by atoms with Crippen molar-refractivity contribution in [2.75, 3.05) is 13.7 Å². The Labute approximate surface area is 183 Å². The van der Waals surface area contributed by atoms with Crippen LogP contribution in [0.1, 0.15) is 5.56 Å². The van der Waals surface area contributed by atoms with E-state index in [0.717, 1.165) is 4.47 Å². The smallest absolute Gasteiger partial charge is 0.277 e. The molecular weight excluding hydrogens is 604 g/mol. The Hall–Kier alpha value is -1.10. The molecule has 0 atom stereocenters. The third-order valence-corrected chi connectivity index (χ3v) is 5.61. The second kappa shape index (κ2) is 9.72. The number of hydrazone groups is 1. The molecule has 6 nitrogen and oxygen atoms in total. The van der Waals surface area contributed by atoms with E-state index >= 15 is 0 Å². The van der Waals surface area contributed by atoms with Crippen molar-refractivity contribution in [3.63, 3.8) is 0 Å². The Morgan fingerprint density at radius 3 is 2.62 bits per heavy atom. The first kappa shape index (κ1) is 21.2. The molecule has 1 amide bonds. The summed E-state index contributed by atoms with van der Waals surface area (Å²) in [4.78, 5) is 11.9. The molecule has 0 bridgehead atoms. The number of carbonyl (C=O) groups is 1. The van der Waals surface area contributed by atoms with Gasteiger partial charge in [0.1, 0.15) is 5.75 Å². The molecule has 2 aromatic rings. The van der Waals surface area contributed by atoms with Crippen LogP contribution in [0.25, 0.3) is 0 Å². The van der Waals surface area contributed by atoms with Crippen LogP contribution in [0.2, 0.25) is 0 Å². The van der Waals surface area contributed by atoms with Crippen LogP contribution >= 0.6 is 63.7 Å². The lowest BCUT2D eigenvalue weighted by atomic mass is 10.2. The summed E-state index contributed by atoms with van der Waals surface area (Å²) in [6, 6.07) is 6.88. The van der Waals surface area contributed by atoms with Gasteiger partial charge < -0.3 is 14.6 Å². The van der Waals surface area contributed by atoms with Crippen molar-refractivity contribution in [1.29, 1.82) is 0 Å². The van der Waals surface area contributed by atoms with Gasteiger partial charge in [-0.05, 0) is 56.1 Å². The minimum absolute atomic E-state index is 0.0339.